The van der Waals surface area contributed by atoms with Crippen LogP contribution in [0.15, 0.2) is 33.9 Å². The van der Waals surface area contributed by atoms with Gasteiger partial charge >= 0.3 is 5.69 Å². The van der Waals surface area contributed by atoms with Crippen molar-refractivity contribution in [2.24, 2.45) is 14.1 Å². The molecule has 7 nitrogen and oxygen atoms in total. The summed E-state index contributed by atoms with van der Waals surface area (Å²) in [5, 5.41) is 3.27. The lowest BCUT2D eigenvalue weighted by atomic mass is 10.1. The van der Waals surface area contributed by atoms with Crippen molar-refractivity contribution in [3.63, 3.8) is 0 Å². The van der Waals surface area contributed by atoms with Crippen LogP contribution in [0, 0.1) is 6.92 Å². The maximum Gasteiger partial charge on any atom is 0.332 e. The Morgan fingerprint density at radius 1 is 1.08 bits per heavy atom. The first-order chi connectivity index (χ1) is 11.9. The lowest BCUT2D eigenvalue weighted by molar-refractivity contribution is 0.702. The smallest absolute Gasteiger partial charge is 0.332 e. The lowest BCUT2D eigenvalue weighted by Gasteiger charge is -2.11. The van der Waals surface area contributed by atoms with E-state index in [1.165, 1.54) is 17.2 Å². The molecule has 0 unspecified atom stereocenters. The molecule has 1 N–H and O–H groups in total. The van der Waals surface area contributed by atoms with Gasteiger partial charge in [-0.15, -0.1) is 0 Å². The minimum atomic E-state index is -0.375. The fraction of sp³-hybridized carbons (Fsp3) is 0.389. The van der Waals surface area contributed by atoms with Gasteiger partial charge in [-0.2, -0.15) is 4.98 Å². The number of hydrogen-bond donors (Lipinski definition) is 1. The van der Waals surface area contributed by atoms with E-state index in [-0.39, 0.29) is 11.2 Å². The van der Waals surface area contributed by atoms with Gasteiger partial charge in [0.05, 0.1) is 6.54 Å². The summed E-state index contributed by atoms with van der Waals surface area (Å²) in [5.41, 5.74) is 2.38. The molecule has 3 rings (SSSR count). The van der Waals surface area contributed by atoms with Gasteiger partial charge in [-0.25, -0.2) is 4.79 Å². The molecule has 0 saturated heterocycles. The number of nitrogens with zero attached hydrogens (tertiary/aromatic N) is 4. The number of rotatable bonds is 5. The summed E-state index contributed by atoms with van der Waals surface area (Å²) in [6.45, 7) is 5.35. The fourth-order valence-corrected chi connectivity index (χ4v) is 2.85. The van der Waals surface area contributed by atoms with Gasteiger partial charge in [-0.05, 0) is 18.9 Å². The highest BCUT2D eigenvalue weighted by Gasteiger charge is 2.19. The quantitative estimate of drug-likeness (QED) is 0.765. The van der Waals surface area contributed by atoms with Crippen molar-refractivity contribution in [3.05, 3.63) is 56.2 Å². The van der Waals surface area contributed by atoms with Gasteiger partial charge in [-0.1, -0.05) is 36.8 Å². The molecule has 2 aromatic heterocycles. The third-order valence-electron chi connectivity index (χ3n) is 4.34. The van der Waals surface area contributed by atoms with Gasteiger partial charge in [0.1, 0.15) is 0 Å². The largest absolute Gasteiger partial charge is 0.356 e. The zero-order valence-electron chi connectivity index (χ0n) is 15.0. The molecule has 3 aromatic rings. The van der Waals surface area contributed by atoms with E-state index in [0.717, 1.165) is 23.1 Å². The van der Waals surface area contributed by atoms with E-state index < -0.39 is 0 Å². The Kier molecular flexibility index (Phi) is 4.48. The van der Waals surface area contributed by atoms with Gasteiger partial charge in [-0.3, -0.25) is 18.5 Å². The minimum absolute atomic E-state index is 0.331. The van der Waals surface area contributed by atoms with Gasteiger partial charge in [0.15, 0.2) is 11.2 Å². The SMILES string of the molecule is CCCNc1nc2c(c(=O)n(C)c(=O)n2C)n1Cc1ccc(C)cc1. The molecule has 7 heteroatoms. The van der Waals surface area contributed by atoms with Crippen molar-refractivity contribution in [2.75, 3.05) is 11.9 Å². The third-order valence-corrected chi connectivity index (χ3v) is 4.34. The van der Waals surface area contributed by atoms with Crippen LogP contribution in [-0.2, 0) is 20.6 Å². The van der Waals surface area contributed by atoms with Crippen molar-refractivity contribution in [1.82, 2.24) is 18.7 Å². The van der Waals surface area contributed by atoms with Crippen LogP contribution in [0.2, 0.25) is 0 Å². The van der Waals surface area contributed by atoms with E-state index in [1.807, 2.05) is 35.8 Å². The number of hydrogen-bond acceptors (Lipinski definition) is 4. The van der Waals surface area contributed by atoms with E-state index in [2.05, 4.69) is 17.2 Å². The number of nitrogens with one attached hydrogen (secondary N) is 1. The Balaban J connectivity index is 2.24. The van der Waals surface area contributed by atoms with Gasteiger partial charge in [0.2, 0.25) is 5.95 Å². The van der Waals surface area contributed by atoms with Crippen LogP contribution in [-0.4, -0.2) is 25.2 Å². The Hall–Kier alpha value is -2.83. The van der Waals surface area contributed by atoms with Crippen molar-refractivity contribution < 1.29 is 0 Å². The summed E-state index contributed by atoms with van der Waals surface area (Å²) in [6.07, 6.45) is 0.935. The third kappa shape index (κ3) is 2.97. The molecule has 0 aliphatic rings. The van der Waals surface area contributed by atoms with Crippen molar-refractivity contribution in [1.29, 1.82) is 0 Å². The highest BCUT2D eigenvalue weighted by Crippen LogP contribution is 2.18. The van der Waals surface area contributed by atoms with Gasteiger partial charge in [0, 0.05) is 20.6 Å². The Labute approximate surface area is 145 Å². The van der Waals surface area contributed by atoms with Crippen molar-refractivity contribution >= 4 is 17.1 Å². The summed E-state index contributed by atoms with van der Waals surface area (Å²) in [6, 6.07) is 8.16. The Morgan fingerprint density at radius 2 is 1.76 bits per heavy atom. The molecule has 0 amide bonds. The second-order valence-corrected chi connectivity index (χ2v) is 6.31. The molecule has 0 bridgehead atoms. The average molecular weight is 341 g/mol. The molecule has 0 aliphatic carbocycles. The van der Waals surface area contributed by atoms with Gasteiger partial charge in [0.25, 0.3) is 5.56 Å². The first-order valence-electron chi connectivity index (χ1n) is 8.39. The maximum absolute atomic E-state index is 12.7. The van der Waals surface area contributed by atoms with Crippen molar-refractivity contribution in [3.8, 4) is 0 Å². The second kappa shape index (κ2) is 6.58. The first kappa shape index (κ1) is 17.0. The second-order valence-electron chi connectivity index (χ2n) is 6.31. The van der Waals surface area contributed by atoms with Crippen LogP contribution in [0.5, 0.6) is 0 Å². The molecule has 0 atom stereocenters. The monoisotopic (exact) mass is 341 g/mol. The number of imidazole rings is 1. The molecule has 0 saturated carbocycles. The lowest BCUT2D eigenvalue weighted by Crippen LogP contribution is -2.37. The van der Waals surface area contributed by atoms with Crippen LogP contribution < -0.4 is 16.6 Å². The topological polar surface area (TPSA) is 73.8 Å². The zero-order chi connectivity index (χ0) is 18.1. The van der Waals surface area contributed by atoms with E-state index in [4.69, 9.17) is 0 Å². The number of fused-ring (bicyclic) bond motifs is 1. The standard InChI is InChI=1S/C18H23N5O2/c1-5-10-19-17-20-15-14(16(24)22(4)18(25)21(15)3)23(17)11-13-8-6-12(2)7-9-13/h6-9H,5,10-11H2,1-4H3,(H,19,20). The van der Waals surface area contributed by atoms with E-state index >= 15 is 0 Å². The number of aryl methyl sites for hydroxylation is 2. The first-order valence-corrected chi connectivity index (χ1v) is 8.39. The number of aromatic nitrogens is 4. The summed E-state index contributed by atoms with van der Waals surface area (Å²) in [4.78, 5) is 29.4. The van der Waals surface area contributed by atoms with Crippen LogP contribution in [0.3, 0.4) is 0 Å². The zero-order valence-corrected chi connectivity index (χ0v) is 15.0. The van der Waals surface area contributed by atoms with Crippen LogP contribution in [0.1, 0.15) is 24.5 Å². The van der Waals surface area contributed by atoms with E-state index in [9.17, 15) is 9.59 Å². The Morgan fingerprint density at radius 3 is 2.40 bits per heavy atom. The van der Waals surface area contributed by atoms with Crippen LogP contribution in [0.25, 0.3) is 11.2 Å². The molecule has 0 radical (unpaired) electrons. The number of benzene rings is 1. The predicted octanol–water partition coefficient (Wildman–Crippen LogP) is 1.61. The molecule has 0 spiro atoms. The molecule has 2 heterocycles. The summed E-state index contributed by atoms with van der Waals surface area (Å²) in [5.74, 6) is 0.607. The van der Waals surface area contributed by atoms with Crippen LogP contribution in [0.4, 0.5) is 5.95 Å². The number of anilines is 1. The minimum Gasteiger partial charge on any atom is -0.356 e. The highest BCUT2D eigenvalue weighted by molar-refractivity contribution is 5.74. The molecule has 0 aliphatic heterocycles. The van der Waals surface area contributed by atoms with Crippen LogP contribution >= 0.6 is 0 Å². The molecule has 132 valence electrons. The fourth-order valence-electron chi connectivity index (χ4n) is 2.85. The summed E-state index contributed by atoms with van der Waals surface area (Å²) < 4.78 is 4.40. The molecule has 0 fully saturated rings. The summed E-state index contributed by atoms with van der Waals surface area (Å²) >= 11 is 0. The maximum atomic E-state index is 12.7. The van der Waals surface area contributed by atoms with Crippen molar-refractivity contribution in [2.45, 2.75) is 26.8 Å². The van der Waals surface area contributed by atoms with Gasteiger partial charge < -0.3 is 5.32 Å². The van der Waals surface area contributed by atoms with E-state index in [0.29, 0.717) is 23.7 Å². The molecular formula is C18H23N5O2. The Bertz CT molecular complexity index is 1020. The van der Waals surface area contributed by atoms with E-state index in [1.54, 1.807) is 7.05 Å². The molecule has 1 aromatic carbocycles. The normalized spacial score (nSPS) is 11.2. The molecular weight excluding hydrogens is 318 g/mol. The summed E-state index contributed by atoms with van der Waals surface area (Å²) in [7, 11) is 3.13. The predicted molar refractivity (Wildman–Crippen MR) is 99.3 cm³/mol. The average Bonchev–Trinajstić information content (AvgIpc) is 2.96. The highest BCUT2D eigenvalue weighted by atomic mass is 16.2. The molecule has 25 heavy (non-hydrogen) atoms.